The fourth-order valence-electron chi connectivity index (χ4n) is 2.92. The summed E-state index contributed by atoms with van der Waals surface area (Å²) in [5.41, 5.74) is 2.29. The van der Waals surface area contributed by atoms with Crippen LogP contribution in [0.25, 0.3) is 10.2 Å². The summed E-state index contributed by atoms with van der Waals surface area (Å²) >= 11 is 1.39. The Morgan fingerprint density at radius 2 is 1.93 bits per heavy atom. The lowest BCUT2D eigenvalue weighted by atomic mass is 10.2. The van der Waals surface area contributed by atoms with Gasteiger partial charge in [0.1, 0.15) is 5.76 Å². The molecule has 0 bridgehead atoms. The molecule has 0 unspecified atom stereocenters. The Hall–Kier alpha value is -3.01. The Morgan fingerprint density at radius 3 is 2.63 bits per heavy atom. The van der Waals surface area contributed by atoms with Crippen molar-refractivity contribution in [2.45, 2.75) is 18.4 Å². The van der Waals surface area contributed by atoms with Crippen molar-refractivity contribution in [3.05, 3.63) is 77.7 Å². The van der Waals surface area contributed by atoms with Crippen molar-refractivity contribution >= 4 is 42.6 Å². The van der Waals surface area contributed by atoms with Crippen molar-refractivity contribution in [1.82, 2.24) is 9.29 Å². The monoisotopic (exact) mass is 441 g/mol. The molecule has 0 saturated heterocycles. The maximum Gasteiger partial charge on any atom is 0.257 e. The van der Waals surface area contributed by atoms with Gasteiger partial charge in [0.2, 0.25) is 10.0 Å². The van der Waals surface area contributed by atoms with Gasteiger partial charge in [-0.2, -0.15) is 4.31 Å². The lowest BCUT2D eigenvalue weighted by Crippen LogP contribution is -2.26. The van der Waals surface area contributed by atoms with E-state index in [1.165, 1.54) is 53.2 Å². The summed E-state index contributed by atoms with van der Waals surface area (Å²) in [6, 6.07) is 15.1. The average Bonchev–Trinajstić information content (AvgIpc) is 3.37. The van der Waals surface area contributed by atoms with Gasteiger partial charge in [-0.25, -0.2) is 13.4 Å². The van der Waals surface area contributed by atoms with Crippen LogP contribution in [0.15, 0.2) is 70.2 Å². The van der Waals surface area contributed by atoms with Crippen LogP contribution in [0.3, 0.4) is 0 Å². The van der Waals surface area contributed by atoms with E-state index in [4.69, 9.17) is 4.42 Å². The van der Waals surface area contributed by atoms with Gasteiger partial charge in [-0.1, -0.05) is 17.4 Å². The Morgan fingerprint density at radius 1 is 1.17 bits per heavy atom. The first-order valence-electron chi connectivity index (χ1n) is 9.10. The third kappa shape index (κ3) is 4.13. The summed E-state index contributed by atoms with van der Waals surface area (Å²) in [5.74, 6) is 0.196. The minimum absolute atomic E-state index is 0.101. The second-order valence-corrected chi connectivity index (χ2v) is 9.88. The maximum atomic E-state index is 12.7. The van der Waals surface area contributed by atoms with Gasteiger partial charge in [0.15, 0.2) is 5.13 Å². The molecule has 4 aromatic rings. The average molecular weight is 442 g/mol. The summed E-state index contributed by atoms with van der Waals surface area (Å²) in [5, 5.41) is 3.27. The number of hydrogen-bond acceptors (Lipinski definition) is 6. The van der Waals surface area contributed by atoms with Crippen molar-refractivity contribution in [3.63, 3.8) is 0 Å². The van der Waals surface area contributed by atoms with Gasteiger partial charge in [0.05, 0.1) is 27.9 Å². The molecule has 0 aliphatic heterocycles. The van der Waals surface area contributed by atoms with Crippen LogP contribution in [0, 0.1) is 6.92 Å². The van der Waals surface area contributed by atoms with E-state index in [9.17, 15) is 13.2 Å². The molecule has 1 N–H and O–H groups in total. The van der Waals surface area contributed by atoms with E-state index in [0.29, 0.717) is 16.5 Å². The number of amides is 1. The normalized spacial score (nSPS) is 11.8. The van der Waals surface area contributed by atoms with Crippen molar-refractivity contribution in [2.24, 2.45) is 0 Å². The van der Waals surface area contributed by atoms with E-state index in [-0.39, 0.29) is 17.3 Å². The number of fused-ring (bicyclic) bond motifs is 1. The predicted octanol–water partition coefficient (Wildman–Crippen LogP) is 4.27. The van der Waals surface area contributed by atoms with Gasteiger partial charge in [-0.15, -0.1) is 0 Å². The van der Waals surface area contributed by atoms with Crippen LogP contribution in [-0.4, -0.2) is 30.7 Å². The highest BCUT2D eigenvalue weighted by atomic mass is 32.2. The number of sulfonamides is 1. The van der Waals surface area contributed by atoms with E-state index < -0.39 is 10.0 Å². The first kappa shape index (κ1) is 20.3. The number of carbonyl (C=O) groups is 1. The summed E-state index contributed by atoms with van der Waals surface area (Å²) in [6.45, 7) is 2.12. The van der Waals surface area contributed by atoms with Crippen LogP contribution in [0.1, 0.15) is 21.7 Å². The van der Waals surface area contributed by atoms with Crippen molar-refractivity contribution in [3.8, 4) is 0 Å². The number of anilines is 1. The minimum Gasteiger partial charge on any atom is -0.468 e. The summed E-state index contributed by atoms with van der Waals surface area (Å²) in [6.07, 6.45) is 1.50. The highest BCUT2D eigenvalue weighted by Gasteiger charge is 2.22. The second kappa shape index (κ2) is 8.02. The summed E-state index contributed by atoms with van der Waals surface area (Å²) < 4.78 is 32.9. The van der Waals surface area contributed by atoms with Gasteiger partial charge in [0.25, 0.3) is 5.91 Å². The number of aromatic nitrogens is 1. The van der Waals surface area contributed by atoms with E-state index in [2.05, 4.69) is 10.3 Å². The molecule has 2 aromatic carbocycles. The molecule has 2 heterocycles. The lowest BCUT2D eigenvalue weighted by Gasteiger charge is -2.16. The molecule has 2 aromatic heterocycles. The Bertz CT molecular complexity index is 1290. The smallest absolute Gasteiger partial charge is 0.257 e. The Labute approximate surface area is 178 Å². The number of rotatable bonds is 6. The number of benzene rings is 2. The molecule has 0 aliphatic rings. The topological polar surface area (TPSA) is 92.5 Å². The van der Waals surface area contributed by atoms with E-state index in [1.54, 1.807) is 12.1 Å². The summed E-state index contributed by atoms with van der Waals surface area (Å²) in [7, 11) is -2.23. The van der Waals surface area contributed by atoms with Crippen LogP contribution in [-0.2, 0) is 16.6 Å². The van der Waals surface area contributed by atoms with Crippen LogP contribution in [0.2, 0.25) is 0 Å². The van der Waals surface area contributed by atoms with Gasteiger partial charge in [0, 0.05) is 12.6 Å². The molecule has 0 aliphatic carbocycles. The molecule has 0 radical (unpaired) electrons. The largest absolute Gasteiger partial charge is 0.468 e. The zero-order valence-corrected chi connectivity index (χ0v) is 18.0. The molecule has 4 rings (SSSR count). The maximum absolute atomic E-state index is 12.7. The van der Waals surface area contributed by atoms with E-state index >= 15 is 0 Å². The number of aryl methyl sites for hydroxylation is 1. The summed E-state index contributed by atoms with van der Waals surface area (Å²) in [4.78, 5) is 17.1. The molecule has 0 saturated carbocycles. The standard InChI is InChI=1S/C21H19N3O4S2/c1-14-5-10-18-19(12-14)29-21(22-18)23-20(25)15-6-8-17(9-7-15)30(26,27)24(2)13-16-4-3-11-28-16/h3-12H,13H2,1-2H3,(H,22,23,25). The van der Waals surface area contributed by atoms with Crippen molar-refractivity contribution < 1.29 is 17.6 Å². The predicted molar refractivity (Wildman–Crippen MR) is 116 cm³/mol. The number of furan rings is 1. The zero-order valence-electron chi connectivity index (χ0n) is 16.3. The highest BCUT2D eigenvalue weighted by molar-refractivity contribution is 7.89. The molecule has 0 atom stereocenters. The molecule has 0 spiro atoms. The molecule has 0 fully saturated rings. The number of nitrogens with one attached hydrogen (secondary N) is 1. The van der Waals surface area contributed by atoms with Gasteiger partial charge in [-0.3, -0.25) is 10.1 Å². The molecule has 154 valence electrons. The Kier molecular flexibility index (Phi) is 5.42. The van der Waals surface area contributed by atoms with E-state index in [0.717, 1.165) is 15.8 Å². The fraction of sp³-hybridized carbons (Fsp3) is 0.143. The van der Waals surface area contributed by atoms with Crippen molar-refractivity contribution in [1.29, 1.82) is 0 Å². The second-order valence-electron chi connectivity index (χ2n) is 6.81. The van der Waals surface area contributed by atoms with Crippen molar-refractivity contribution in [2.75, 3.05) is 12.4 Å². The lowest BCUT2D eigenvalue weighted by molar-refractivity contribution is 0.102. The SMILES string of the molecule is Cc1ccc2nc(NC(=O)c3ccc(S(=O)(=O)N(C)Cc4ccco4)cc3)sc2c1. The molecule has 30 heavy (non-hydrogen) atoms. The molecule has 9 heteroatoms. The number of nitrogens with zero attached hydrogens (tertiary/aromatic N) is 2. The number of carbonyl (C=O) groups excluding carboxylic acids is 1. The minimum atomic E-state index is -3.71. The molecular formula is C21H19N3O4S2. The molecule has 1 amide bonds. The van der Waals surface area contributed by atoms with Gasteiger partial charge in [-0.05, 0) is 61.0 Å². The zero-order chi connectivity index (χ0) is 21.3. The highest BCUT2D eigenvalue weighted by Crippen LogP contribution is 2.27. The molecular weight excluding hydrogens is 422 g/mol. The van der Waals surface area contributed by atoms with E-state index in [1.807, 2.05) is 25.1 Å². The molecule has 7 nitrogen and oxygen atoms in total. The fourth-order valence-corrected chi connectivity index (χ4v) is 5.02. The van der Waals surface area contributed by atoms with Gasteiger partial charge < -0.3 is 4.42 Å². The van der Waals surface area contributed by atoms with Crippen LogP contribution >= 0.6 is 11.3 Å². The quantitative estimate of drug-likeness (QED) is 0.482. The Balaban J connectivity index is 1.48. The first-order chi connectivity index (χ1) is 14.3. The number of hydrogen-bond donors (Lipinski definition) is 1. The third-order valence-electron chi connectivity index (χ3n) is 4.55. The van der Waals surface area contributed by atoms with Crippen LogP contribution in [0.4, 0.5) is 5.13 Å². The van der Waals surface area contributed by atoms with Crippen LogP contribution < -0.4 is 5.32 Å². The third-order valence-corrected chi connectivity index (χ3v) is 7.30. The van der Waals surface area contributed by atoms with Crippen LogP contribution in [0.5, 0.6) is 0 Å². The number of thiazole rings is 1. The first-order valence-corrected chi connectivity index (χ1v) is 11.4. The van der Waals surface area contributed by atoms with Gasteiger partial charge >= 0.3 is 0 Å².